The van der Waals surface area contributed by atoms with Crippen molar-refractivity contribution in [3.05, 3.63) is 170 Å². The topological polar surface area (TPSA) is 90.5 Å². The van der Waals surface area contributed by atoms with Crippen molar-refractivity contribution < 1.29 is 4.42 Å². The largest absolute Gasteiger partial charge is 0.434 e. The lowest BCUT2D eigenvalue weighted by molar-refractivity contribution is 0.652. The summed E-state index contributed by atoms with van der Waals surface area (Å²) in [6.07, 6.45) is 3.42. The molecule has 0 bridgehead atoms. The fraction of sp³-hybridized carbons (Fsp3) is 0. The summed E-state index contributed by atoms with van der Waals surface area (Å²) in [5.74, 6) is 1.83. The quantitative estimate of drug-likeness (QED) is 0.173. The summed E-state index contributed by atoms with van der Waals surface area (Å²) in [7, 11) is 0. The summed E-state index contributed by atoms with van der Waals surface area (Å²) in [6.45, 7) is 0. The Bertz CT molecular complexity index is 2930. The molecular formula is C46H28N6O. The van der Waals surface area contributed by atoms with Crippen LogP contribution >= 0.6 is 0 Å². The third-order valence-corrected chi connectivity index (χ3v) is 9.53. The molecule has 0 saturated carbocycles. The zero-order valence-corrected chi connectivity index (χ0v) is 28.3. The van der Waals surface area contributed by atoms with Crippen LogP contribution in [0.4, 0.5) is 0 Å². The smallest absolute Gasteiger partial charge is 0.229 e. The summed E-state index contributed by atoms with van der Waals surface area (Å²) < 4.78 is 6.28. The zero-order valence-electron chi connectivity index (χ0n) is 28.3. The van der Waals surface area contributed by atoms with E-state index in [1.807, 2.05) is 79.0 Å². The number of aromatic nitrogens is 6. The van der Waals surface area contributed by atoms with Gasteiger partial charge in [-0.05, 0) is 39.6 Å². The number of fused-ring (bicyclic) bond motifs is 4. The van der Waals surface area contributed by atoms with Gasteiger partial charge in [0.1, 0.15) is 17.5 Å². The van der Waals surface area contributed by atoms with E-state index in [0.29, 0.717) is 28.8 Å². The van der Waals surface area contributed by atoms with Gasteiger partial charge in [-0.2, -0.15) is 0 Å². The van der Waals surface area contributed by atoms with Crippen LogP contribution in [-0.4, -0.2) is 29.9 Å². The van der Waals surface area contributed by atoms with Crippen molar-refractivity contribution in [3.63, 3.8) is 0 Å². The van der Waals surface area contributed by atoms with Gasteiger partial charge >= 0.3 is 0 Å². The number of furan rings is 1. The van der Waals surface area contributed by atoms with Crippen LogP contribution in [0.5, 0.6) is 0 Å². The maximum atomic E-state index is 6.28. The van der Waals surface area contributed by atoms with Crippen molar-refractivity contribution >= 4 is 33.0 Å². The molecule has 7 nitrogen and oxygen atoms in total. The van der Waals surface area contributed by atoms with Crippen molar-refractivity contribution in [3.8, 4) is 67.7 Å². The molecule has 0 aliphatic heterocycles. The number of rotatable bonds is 6. The van der Waals surface area contributed by atoms with E-state index in [0.717, 1.165) is 66.5 Å². The molecule has 4 aromatic heterocycles. The first-order chi connectivity index (χ1) is 26.2. The first-order valence-electron chi connectivity index (χ1n) is 17.3. The van der Waals surface area contributed by atoms with Gasteiger partial charge in [0.2, 0.25) is 5.71 Å². The molecular weight excluding hydrogens is 653 g/mol. The fourth-order valence-corrected chi connectivity index (χ4v) is 6.77. The maximum Gasteiger partial charge on any atom is 0.229 e. The Kier molecular flexibility index (Phi) is 7.32. The zero-order chi connectivity index (χ0) is 35.1. The highest BCUT2D eigenvalue weighted by atomic mass is 16.3. The molecule has 0 unspecified atom stereocenters. The fourth-order valence-electron chi connectivity index (χ4n) is 6.77. The number of pyridine rings is 1. The van der Waals surface area contributed by atoms with Gasteiger partial charge in [0, 0.05) is 34.0 Å². The Hall–Kier alpha value is -7.38. The lowest BCUT2D eigenvalue weighted by Crippen LogP contribution is -2.00. The molecule has 0 saturated heterocycles. The molecule has 0 aliphatic carbocycles. The average molecular weight is 681 g/mol. The van der Waals surface area contributed by atoms with E-state index in [1.165, 1.54) is 5.39 Å². The Morgan fingerprint density at radius 1 is 0.377 bits per heavy atom. The molecule has 6 aromatic carbocycles. The molecule has 0 atom stereocenters. The molecule has 0 N–H and O–H groups in total. The predicted octanol–water partition coefficient (Wildman–Crippen LogP) is 11.1. The number of nitrogens with zero attached hydrogens (tertiary/aromatic N) is 6. The average Bonchev–Trinajstić information content (AvgIpc) is 3.62. The number of hydrogen-bond acceptors (Lipinski definition) is 7. The summed E-state index contributed by atoms with van der Waals surface area (Å²) in [5, 5.41) is 3.14. The van der Waals surface area contributed by atoms with Crippen molar-refractivity contribution in [1.29, 1.82) is 0 Å². The van der Waals surface area contributed by atoms with Crippen LogP contribution in [0.3, 0.4) is 0 Å². The minimum Gasteiger partial charge on any atom is -0.434 e. The predicted molar refractivity (Wildman–Crippen MR) is 211 cm³/mol. The minimum absolute atomic E-state index is 0.519. The summed E-state index contributed by atoms with van der Waals surface area (Å²) in [5.41, 5.74) is 10.5. The van der Waals surface area contributed by atoms with E-state index in [9.17, 15) is 0 Å². The first-order valence-corrected chi connectivity index (χ1v) is 17.3. The summed E-state index contributed by atoms with van der Waals surface area (Å²) in [4.78, 5) is 28.7. The van der Waals surface area contributed by atoms with E-state index >= 15 is 0 Å². The third kappa shape index (κ3) is 5.66. The summed E-state index contributed by atoms with van der Waals surface area (Å²) >= 11 is 0. The highest BCUT2D eigenvalue weighted by molar-refractivity contribution is 6.06. The second-order valence-corrected chi connectivity index (χ2v) is 12.8. The molecule has 0 radical (unpaired) electrons. The molecule has 53 heavy (non-hydrogen) atoms. The maximum absolute atomic E-state index is 6.28. The molecule has 10 rings (SSSR count). The van der Waals surface area contributed by atoms with Crippen molar-refractivity contribution in [2.75, 3.05) is 0 Å². The van der Waals surface area contributed by atoms with Crippen LogP contribution in [-0.2, 0) is 0 Å². The van der Waals surface area contributed by atoms with Gasteiger partial charge in [0.05, 0.1) is 5.39 Å². The molecule has 0 fully saturated rings. The van der Waals surface area contributed by atoms with Gasteiger partial charge < -0.3 is 4.42 Å². The van der Waals surface area contributed by atoms with Crippen LogP contribution in [0.25, 0.3) is 101 Å². The van der Waals surface area contributed by atoms with Crippen LogP contribution < -0.4 is 0 Å². The normalized spacial score (nSPS) is 11.4. The van der Waals surface area contributed by atoms with E-state index in [2.05, 4.69) is 94.9 Å². The van der Waals surface area contributed by atoms with E-state index < -0.39 is 0 Å². The number of benzene rings is 6. The SMILES string of the molecule is c1ccc(-c2ccc(-c3nc(-c4ccccc4)nc(-c4ccc(-c5cnc6oc7c(-c8ccc9ccccc9c8)ncnc7c6c5)cc4)n3)cc2)cc1. The van der Waals surface area contributed by atoms with Gasteiger partial charge in [0.15, 0.2) is 23.1 Å². The second kappa shape index (κ2) is 12.7. The minimum atomic E-state index is 0.519. The summed E-state index contributed by atoms with van der Waals surface area (Å²) in [6, 6.07) is 53.6. The number of hydrogen-bond donors (Lipinski definition) is 0. The lowest BCUT2D eigenvalue weighted by Gasteiger charge is -2.10. The Morgan fingerprint density at radius 3 is 1.55 bits per heavy atom. The van der Waals surface area contributed by atoms with E-state index in [1.54, 1.807) is 6.33 Å². The molecule has 0 aliphatic rings. The lowest BCUT2D eigenvalue weighted by atomic mass is 10.0. The van der Waals surface area contributed by atoms with Crippen molar-refractivity contribution in [1.82, 2.24) is 29.9 Å². The van der Waals surface area contributed by atoms with Gasteiger partial charge in [0.25, 0.3) is 0 Å². The molecule has 0 spiro atoms. The third-order valence-electron chi connectivity index (χ3n) is 9.53. The van der Waals surface area contributed by atoms with Gasteiger partial charge in [-0.1, -0.05) is 146 Å². The van der Waals surface area contributed by atoms with Crippen LogP contribution in [0, 0.1) is 0 Å². The van der Waals surface area contributed by atoms with E-state index in [-0.39, 0.29) is 0 Å². The molecule has 10 aromatic rings. The molecule has 4 heterocycles. The Balaban J connectivity index is 1.00. The highest BCUT2D eigenvalue weighted by Crippen LogP contribution is 2.36. The van der Waals surface area contributed by atoms with Crippen molar-refractivity contribution in [2.45, 2.75) is 0 Å². The monoisotopic (exact) mass is 680 g/mol. The van der Waals surface area contributed by atoms with Gasteiger partial charge in [-0.15, -0.1) is 0 Å². The first kappa shape index (κ1) is 30.4. The highest BCUT2D eigenvalue weighted by Gasteiger charge is 2.18. The molecule has 0 amide bonds. The standard InChI is InChI=1S/C46H28N6O/c1-3-9-29(10-4-1)31-15-20-34(21-16-31)44-50-43(33-12-5-2-6-13-33)51-45(52-44)35-22-17-32(18-23-35)38-26-39-41-42(53-46(39)47-27-38)40(48-28-49-41)37-24-19-30-11-7-8-14-36(30)25-37/h1-28H. The van der Waals surface area contributed by atoms with Crippen LogP contribution in [0.2, 0.25) is 0 Å². The Morgan fingerprint density at radius 2 is 0.887 bits per heavy atom. The second-order valence-electron chi connectivity index (χ2n) is 12.8. The van der Waals surface area contributed by atoms with Crippen LogP contribution in [0.1, 0.15) is 0 Å². The van der Waals surface area contributed by atoms with Gasteiger partial charge in [-0.3, -0.25) is 0 Å². The Labute approximate surface area is 304 Å². The molecule has 248 valence electrons. The van der Waals surface area contributed by atoms with Gasteiger partial charge in [-0.25, -0.2) is 29.9 Å². The molecule has 7 heteroatoms. The van der Waals surface area contributed by atoms with Crippen LogP contribution in [0.15, 0.2) is 175 Å². The van der Waals surface area contributed by atoms with Crippen molar-refractivity contribution in [2.24, 2.45) is 0 Å². The van der Waals surface area contributed by atoms with E-state index in [4.69, 9.17) is 24.4 Å².